The van der Waals surface area contributed by atoms with Crippen molar-refractivity contribution >= 4 is 5.97 Å². The normalized spacial score (nSPS) is 11.1. The predicted octanol–water partition coefficient (Wildman–Crippen LogP) is 1.86. The molecule has 0 saturated heterocycles. The molecule has 0 radical (unpaired) electrons. The number of carboxylic acids is 1. The number of alkyl halides is 3. The quantitative estimate of drug-likeness (QED) is 0.907. The molecule has 20 heavy (non-hydrogen) atoms. The van der Waals surface area contributed by atoms with Crippen molar-refractivity contribution in [2.45, 2.75) is 6.18 Å². The van der Waals surface area contributed by atoms with Crippen molar-refractivity contribution in [1.29, 1.82) is 5.26 Å². The number of carboxylic acid groups (broad SMARTS) is 1. The van der Waals surface area contributed by atoms with Gasteiger partial charge in [0.15, 0.2) is 11.5 Å². The molecule has 0 aromatic carbocycles. The van der Waals surface area contributed by atoms with E-state index in [1.807, 2.05) is 0 Å². The van der Waals surface area contributed by atoms with E-state index >= 15 is 0 Å². The first-order valence-corrected chi connectivity index (χ1v) is 5.08. The Labute approximate surface area is 109 Å². The highest BCUT2D eigenvalue weighted by Crippen LogP contribution is 2.33. The summed E-state index contributed by atoms with van der Waals surface area (Å²) in [6, 6.07) is 1.71. The molecule has 0 amide bonds. The first kappa shape index (κ1) is 13.5. The number of aromatic nitrogens is 3. The Balaban J connectivity index is 2.53. The summed E-state index contributed by atoms with van der Waals surface area (Å²) in [5, 5.41) is 17.3. The van der Waals surface area contributed by atoms with Crippen molar-refractivity contribution in [3.63, 3.8) is 0 Å². The van der Waals surface area contributed by atoms with Crippen LogP contribution in [0.1, 0.15) is 21.6 Å². The Morgan fingerprint density at radius 1 is 1.30 bits per heavy atom. The SMILES string of the molecule is N#Cc1cnc(-n2cc(C(=O)O)c(C(F)(F)F)c2)cn1. The lowest BCUT2D eigenvalue weighted by molar-refractivity contribution is -0.138. The van der Waals surface area contributed by atoms with Crippen LogP contribution in [0.5, 0.6) is 0 Å². The van der Waals surface area contributed by atoms with E-state index in [1.54, 1.807) is 6.07 Å². The third-order valence-corrected chi connectivity index (χ3v) is 2.38. The number of rotatable bonds is 2. The summed E-state index contributed by atoms with van der Waals surface area (Å²) >= 11 is 0. The number of carbonyl (C=O) groups is 1. The van der Waals surface area contributed by atoms with Gasteiger partial charge in [-0.1, -0.05) is 0 Å². The molecule has 0 atom stereocenters. The smallest absolute Gasteiger partial charge is 0.418 e. The second-order valence-electron chi connectivity index (χ2n) is 3.67. The molecule has 1 N–H and O–H groups in total. The molecule has 2 heterocycles. The van der Waals surface area contributed by atoms with Crippen LogP contribution in [0.2, 0.25) is 0 Å². The lowest BCUT2D eigenvalue weighted by Gasteiger charge is -2.04. The molecule has 6 nitrogen and oxygen atoms in total. The summed E-state index contributed by atoms with van der Waals surface area (Å²) in [5.41, 5.74) is -2.17. The molecule has 0 aliphatic carbocycles. The Hall–Kier alpha value is -2.89. The molecule has 0 unspecified atom stereocenters. The molecule has 0 saturated carbocycles. The fourth-order valence-electron chi connectivity index (χ4n) is 1.50. The second kappa shape index (κ2) is 4.65. The molecule has 0 spiro atoms. The average Bonchev–Trinajstić information content (AvgIpc) is 2.84. The van der Waals surface area contributed by atoms with Crippen LogP contribution in [0.15, 0.2) is 24.8 Å². The van der Waals surface area contributed by atoms with Gasteiger partial charge in [0.25, 0.3) is 0 Å². The van der Waals surface area contributed by atoms with Crippen LogP contribution in [-0.2, 0) is 6.18 Å². The Morgan fingerprint density at radius 3 is 2.40 bits per heavy atom. The lowest BCUT2D eigenvalue weighted by atomic mass is 10.2. The summed E-state index contributed by atoms with van der Waals surface area (Å²) in [6.07, 6.45) is -1.24. The highest BCUT2D eigenvalue weighted by molar-refractivity contribution is 5.89. The first-order chi connectivity index (χ1) is 9.32. The zero-order valence-electron chi connectivity index (χ0n) is 9.59. The van der Waals surface area contributed by atoms with Gasteiger partial charge < -0.3 is 9.67 Å². The Morgan fingerprint density at radius 2 is 2.00 bits per heavy atom. The fraction of sp³-hybridized carbons (Fsp3) is 0.0909. The standard InChI is InChI=1S/C11H5F3N4O2/c12-11(13,14)8-5-18(4-7(8)10(19)20)9-3-16-6(1-15)2-17-9/h2-5H,(H,19,20). The minimum absolute atomic E-state index is 0.00425. The summed E-state index contributed by atoms with van der Waals surface area (Å²) in [5.74, 6) is -1.72. The van der Waals surface area contributed by atoms with Crippen LogP contribution in [0, 0.1) is 11.3 Å². The van der Waals surface area contributed by atoms with Crippen molar-refractivity contribution < 1.29 is 23.1 Å². The van der Waals surface area contributed by atoms with Gasteiger partial charge in [0.05, 0.1) is 23.5 Å². The molecule has 0 bridgehead atoms. The van der Waals surface area contributed by atoms with Gasteiger partial charge in [0.1, 0.15) is 6.07 Å². The van der Waals surface area contributed by atoms with Crippen molar-refractivity contribution in [1.82, 2.24) is 14.5 Å². The number of hydrogen-bond acceptors (Lipinski definition) is 4. The molecule has 2 aromatic heterocycles. The number of nitriles is 1. The van der Waals surface area contributed by atoms with E-state index in [2.05, 4.69) is 9.97 Å². The zero-order chi connectivity index (χ0) is 14.9. The van der Waals surface area contributed by atoms with Crippen LogP contribution >= 0.6 is 0 Å². The minimum Gasteiger partial charge on any atom is -0.478 e. The van der Waals surface area contributed by atoms with Gasteiger partial charge in [-0.25, -0.2) is 14.8 Å². The maximum atomic E-state index is 12.7. The van der Waals surface area contributed by atoms with Crippen molar-refractivity contribution in [3.05, 3.63) is 41.6 Å². The van der Waals surface area contributed by atoms with Gasteiger partial charge in [0, 0.05) is 12.4 Å². The van der Waals surface area contributed by atoms with Crippen LogP contribution in [0.25, 0.3) is 5.82 Å². The molecular formula is C11H5F3N4O2. The average molecular weight is 282 g/mol. The van der Waals surface area contributed by atoms with Crippen LogP contribution < -0.4 is 0 Å². The van der Waals surface area contributed by atoms with E-state index < -0.39 is 23.3 Å². The molecular weight excluding hydrogens is 277 g/mol. The summed E-state index contributed by atoms with van der Waals surface area (Å²) in [7, 11) is 0. The maximum Gasteiger partial charge on any atom is 0.418 e. The van der Waals surface area contributed by atoms with E-state index in [9.17, 15) is 18.0 Å². The van der Waals surface area contributed by atoms with E-state index in [-0.39, 0.29) is 11.5 Å². The third-order valence-electron chi connectivity index (χ3n) is 2.38. The van der Waals surface area contributed by atoms with Gasteiger partial charge in [-0.05, 0) is 0 Å². The predicted molar refractivity (Wildman–Crippen MR) is 58.0 cm³/mol. The topological polar surface area (TPSA) is 91.8 Å². The molecule has 2 rings (SSSR count). The lowest BCUT2D eigenvalue weighted by Crippen LogP contribution is -2.09. The van der Waals surface area contributed by atoms with Gasteiger partial charge >= 0.3 is 12.1 Å². The fourth-order valence-corrected chi connectivity index (χ4v) is 1.50. The number of nitrogens with zero attached hydrogens (tertiary/aromatic N) is 4. The summed E-state index contributed by atoms with van der Waals surface area (Å²) < 4.78 is 39.0. The van der Waals surface area contributed by atoms with Crippen molar-refractivity contribution in [3.8, 4) is 11.9 Å². The third kappa shape index (κ3) is 2.44. The van der Waals surface area contributed by atoms with E-state index in [4.69, 9.17) is 10.4 Å². The van der Waals surface area contributed by atoms with Crippen LogP contribution in [0.4, 0.5) is 13.2 Å². The highest BCUT2D eigenvalue weighted by atomic mass is 19.4. The van der Waals surface area contributed by atoms with Gasteiger partial charge in [-0.2, -0.15) is 18.4 Å². The molecule has 9 heteroatoms. The maximum absolute atomic E-state index is 12.7. The highest BCUT2D eigenvalue weighted by Gasteiger charge is 2.37. The zero-order valence-corrected chi connectivity index (χ0v) is 9.59. The summed E-state index contributed by atoms with van der Waals surface area (Å²) in [6.45, 7) is 0. The van der Waals surface area contributed by atoms with Crippen LogP contribution in [-0.4, -0.2) is 25.6 Å². The minimum atomic E-state index is -4.79. The molecule has 102 valence electrons. The van der Waals surface area contributed by atoms with E-state index in [0.717, 1.165) is 23.2 Å². The van der Waals surface area contributed by atoms with Gasteiger partial charge in [0.2, 0.25) is 0 Å². The first-order valence-electron chi connectivity index (χ1n) is 5.08. The van der Waals surface area contributed by atoms with Gasteiger partial charge in [-0.15, -0.1) is 0 Å². The Bertz CT molecular complexity index is 698. The molecule has 0 fully saturated rings. The summed E-state index contributed by atoms with van der Waals surface area (Å²) in [4.78, 5) is 18.2. The van der Waals surface area contributed by atoms with E-state index in [0.29, 0.717) is 6.20 Å². The Kier molecular flexibility index (Phi) is 3.15. The number of hydrogen-bond donors (Lipinski definition) is 1. The second-order valence-corrected chi connectivity index (χ2v) is 3.67. The molecule has 2 aromatic rings. The number of halogens is 3. The van der Waals surface area contributed by atoms with Crippen molar-refractivity contribution in [2.75, 3.05) is 0 Å². The molecule has 0 aliphatic heterocycles. The number of aromatic carboxylic acids is 1. The van der Waals surface area contributed by atoms with Gasteiger partial charge in [-0.3, -0.25) is 0 Å². The van der Waals surface area contributed by atoms with Crippen molar-refractivity contribution in [2.24, 2.45) is 0 Å². The largest absolute Gasteiger partial charge is 0.478 e. The van der Waals surface area contributed by atoms with Crippen LogP contribution in [0.3, 0.4) is 0 Å². The molecule has 0 aliphatic rings. The monoisotopic (exact) mass is 282 g/mol. The van der Waals surface area contributed by atoms with E-state index in [1.165, 1.54) is 0 Å².